The van der Waals surface area contributed by atoms with Gasteiger partial charge in [-0.3, -0.25) is 9.59 Å². The number of nitrogens with one attached hydrogen (secondary N) is 2. The summed E-state index contributed by atoms with van der Waals surface area (Å²) in [6.07, 6.45) is 1.98. The van der Waals surface area contributed by atoms with Crippen LogP contribution in [-0.2, 0) is 9.59 Å². The zero-order valence-corrected chi connectivity index (χ0v) is 18.8. The Morgan fingerprint density at radius 2 is 1.84 bits per heavy atom. The Labute approximate surface area is 187 Å². The zero-order chi connectivity index (χ0) is 23.1. The Morgan fingerprint density at radius 1 is 1.12 bits per heavy atom. The van der Waals surface area contributed by atoms with Crippen LogP contribution in [0.25, 0.3) is 0 Å². The average Bonchev–Trinajstić information content (AvgIpc) is 3.20. The molecular weight excluding hydrogens is 410 g/mol. The molecule has 8 nitrogen and oxygen atoms in total. The largest absolute Gasteiger partial charge is 0.483 e. The molecule has 2 aromatic rings. The summed E-state index contributed by atoms with van der Waals surface area (Å²) in [5.74, 6) is 1.43. The monoisotopic (exact) mass is 439 g/mol. The molecule has 0 radical (unpaired) electrons. The first-order valence-electron chi connectivity index (χ1n) is 10.5. The van der Waals surface area contributed by atoms with E-state index in [1.807, 2.05) is 45.9 Å². The van der Waals surface area contributed by atoms with E-state index in [4.69, 9.17) is 14.2 Å². The van der Waals surface area contributed by atoms with E-state index in [-0.39, 0.29) is 25.2 Å². The normalized spacial score (nSPS) is 13.3. The van der Waals surface area contributed by atoms with Crippen LogP contribution < -0.4 is 25.0 Å². The van der Waals surface area contributed by atoms with Crippen LogP contribution in [0.5, 0.6) is 17.2 Å². The minimum atomic E-state index is -0.724. The predicted octanol–water partition coefficient (Wildman–Crippen LogP) is 3.09. The van der Waals surface area contributed by atoms with E-state index in [9.17, 15) is 9.59 Å². The molecule has 170 valence electrons. The van der Waals surface area contributed by atoms with Gasteiger partial charge in [-0.2, -0.15) is 5.10 Å². The maximum Gasteiger partial charge on any atom is 0.262 e. The van der Waals surface area contributed by atoms with Crippen molar-refractivity contribution in [3.05, 3.63) is 53.1 Å². The fourth-order valence-corrected chi connectivity index (χ4v) is 3.35. The predicted molar refractivity (Wildman–Crippen MR) is 121 cm³/mol. The van der Waals surface area contributed by atoms with Gasteiger partial charge >= 0.3 is 0 Å². The van der Waals surface area contributed by atoms with Crippen molar-refractivity contribution < 1.29 is 23.8 Å². The van der Waals surface area contributed by atoms with E-state index in [1.165, 1.54) is 6.21 Å². The number of carbonyl (C=O) groups excluding carboxylic acids is 2. The van der Waals surface area contributed by atoms with Crippen LogP contribution in [0.15, 0.2) is 41.5 Å². The molecular formula is C24H29N3O5. The average molecular weight is 440 g/mol. The molecule has 0 unspecified atom stereocenters. The van der Waals surface area contributed by atoms with Crippen LogP contribution in [0.4, 0.5) is 0 Å². The number of amides is 2. The summed E-state index contributed by atoms with van der Waals surface area (Å²) in [4.78, 5) is 25.1. The van der Waals surface area contributed by atoms with Crippen LogP contribution in [0.2, 0.25) is 0 Å². The minimum Gasteiger partial charge on any atom is -0.483 e. The summed E-state index contributed by atoms with van der Waals surface area (Å²) in [5.41, 5.74) is 5.16. The molecule has 0 fully saturated rings. The summed E-state index contributed by atoms with van der Waals surface area (Å²) in [7, 11) is 0. The lowest BCUT2D eigenvalue weighted by atomic mass is 10.0. The SMILES string of the molecule is Cc1cccc(C)c1OCC(=O)N[C@H](CC(C)C)C(=O)N/N=C\c1ccc2c(c1)OCO2. The van der Waals surface area contributed by atoms with E-state index in [0.717, 1.165) is 16.7 Å². The van der Waals surface area contributed by atoms with E-state index >= 15 is 0 Å². The van der Waals surface area contributed by atoms with Gasteiger partial charge in [-0.25, -0.2) is 5.43 Å². The lowest BCUT2D eigenvalue weighted by molar-refractivity contribution is -0.130. The summed E-state index contributed by atoms with van der Waals surface area (Å²) in [6.45, 7) is 7.83. The fraction of sp³-hybridized carbons (Fsp3) is 0.375. The van der Waals surface area contributed by atoms with Crippen molar-refractivity contribution in [2.24, 2.45) is 11.0 Å². The Morgan fingerprint density at radius 3 is 2.56 bits per heavy atom. The van der Waals surface area contributed by atoms with E-state index < -0.39 is 11.9 Å². The van der Waals surface area contributed by atoms with Crippen molar-refractivity contribution in [2.45, 2.75) is 40.2 Å². The van der Waals surface area contributed by atoms with Crippen molar-refractivity contribution in [2.75, 3.05) is 13.4 Å². The highest BCUT2D eigenvalue weighted by Crippen LogP contribution is 2.32. The Balaban J connectivity index is 1.56. The van der Waals surface area contributed by atoms with Gasteiger partial charge in [0.1, 0.15) is 11.8 Å². The molecule has 0 aromatic heterocycles. The third-order valence-electron chi connectivity index (χ3n) is 4.90. The van der Waals surface area contributed by atoms with Gasteiger partial charge in [0.05, 0.1) is 6.21 Å². The molecule has 0 saturated carbocycles. The fourth-order valence-electron chi connectivity index (χ4n) is 3.35. The molecule has 8 heteroatoms. The van der Waals surface area contributed by atoms with Gasteiger partial charge in [-0.15, -0.1) is 0 Å². The third kappa shape index (κ3) is 6.23. The van der Waals surface area contributed by atoms with Gasteiger partial charge in [-0.05, 0) is 61.1 Å². The number of nitrogens with zero attached hydrogens (tertiary/aromatic N) is 1. The number of hydrogen-bond acceptors (Lipinski definition) is 6. The molecule has 1 heterocycles. The zero-order valence-electron chi connectivity index (χ0n) is 18.8. The number of hydrazone groups is 1. The Bertz CT molecular complexity index is 983. The van der Waals surface area contributed by atoms with Crippen LogP contribution in [0, 0.1) is 19.8 Å². The second-order valence-corrected chi connectivity index (χ2v) is 8.11. The first-order chi connectivity index (χ1) is 15.3. The van der Waals surface area contributed by atoms with Crippen molar-refractivity contribution in [1.82, 2.24) is 10.7 Å². The summed E-state index contributed by atoms with van der Waals surface area (Å²) >= 11 is 0. The smallest absolute Gasteiger partial charge is 0.262 e. The van der Waals surface area contributed by atoms with Gasteiger partial charge in [0, 0.05) is 0 Å². The number of benzene rings is 2. The van der Waals surface area contributed by atoms with Gasteiger partial charge < -0.3 is 19.5 Å². The lowest BCUT2D eigenvalue weighted by Crippen LogP contribution is -2.47. The molecule has 2 N–H and O–H groups in total. The van der Waals surface area contributed by atoms with E-state index in [0.29, 0.717) is 23.7 Å². The van der Waals surface area contributed by atoms with Gasteiger partial charge in [0.2, 0.25) is 6.79 Å². The van der Waals surface area contributed by atoms with Crippen molar-refractivity contribution in [3.63, 3.8) is 0 Å². The van der Waals surface area contributed by atoms with Crippen molar-refractivity contribution >= 4 is 18.0 Å². The second kappa shape index (κ2) is 10.7. The van der Waals surface area contributed by atoms with Gasteiger partial charge in [0.25, 0.3) is 11.8 Å². The van der Waals surface area contributed by atoms with Gasteiger partial charge in [0.15, 0.2) is 18.1 Å². The topological polar surface area (TPSA) is 98.2 Å². The van der Waals surface area contributed by atoms with Crippen LogP contribution in [0.1, 0.15) is 37.0 Å². The summed E-state index contributed by atoms with van der Waals surface area (Å²) in [5, 5.41) is 6.77. The lowest BCUT2D eigenvalue weighted by Gasteiger charge is -2.19. The molecule has 0 bridgehead atoms. The first kappa shape index (κ1) is 23.1. The van der Waals surface area contributed by atoms with Crippen molar-refractivity contribution in [1.29, 1.82) is 0 Å². The first-order valence-corrected chi connectivity index (χ1v) is 10.5. The highest BCUT2D eigenvalue weighted by atomic mass is 16.7. The molecule has 1 aliphatic heterocycles. The molecule has 0 saturated heterocycles. The maximum atomic E-state index is 12.6. The Kier molecular flexibility index (Phi) is 7.70. The highest BCUT2D eigenvalue weighted by molar-refractivity contribution is 5.89. The third-order valence-corrected chi connectivity index (χ3v) is 4.90. The number of hydrogen-bond donors (Lipinski definition) is 2. The van der Waals surface area contributed by atoms with Crippen LogP contribution in [-0.4, -0.2) is 37.5 Å². The summed E-state index contributed by atoms with van der Waals surface area (Å²) in [6, 6.07) is 10.4. The molecule has 2 amide bonds. The molecule has 1 atom stereocenters. The Hall–Kier alpha value is -3.55. The number of carbonyl (C=O) groups is 2. The number of para-hydroxylation sites is 1. The van der Waals surface area contributed by atoms with Crippen LogP contribution in [0.3, 0.4) is 0 Å². The van der Waals surface area contributed by atoms with E-state index in [1.54, 1.807) is 18.2 Å². The molecule has 2 aromatic carbocycles. The van der Waals surface area contributed by atoms with E-state index in [2.05, 4.69) is 15.8 Å². The highest BCUT2D eigenvalue weighted by Gasteiger charge is 2.22. The number of ether oxygens (including phenoxy) is 3. The molecule has 32 heavy (non-hydrogen) atoms. The standard InChI is InChI=1S/C24H29N3O5/c1-15(2)10-19(26-22(28)13-30-23-16(3)6-5-7-17(23)4)24(29)27-25-12-18-8-9-20-21(11-18)32-14-31-20/h5-9,11-12,15,19H,10,13-14H2,1-4H3,(H,26,28)(H,27,29)/b25-12-/t19-/m1/s1. The van der Waals surface area contributed by atoms with Crippen molar-refractivity contribution in [3.8, 4) is 17.2 Å². The number of aryl methyl sites for hydroxylation is 2. The van der Waals surface area contributed by atoms with Gasteiger partial charge in [-0.1, -0.05) is 32.0 Å². The number of fused-ring (bicyclic) bond motifs is 1. The maximum absolute atomic E-state index is 12.6. The second-order valence-electron chi connectivity index (χ2n) is 8.11. The molecule has 0 spiro atoms. The molecule has 3 rings (SSSR count). The quantitative estimate of drug-likeness (QED) is 0.462. The molecule has 0 aliphatic carbocycles. The van der Waals surface area contributed by atoms with Crippen LogP contribution >= 0.6 is 0 Å². The molecule has 1 aliphatic rings. The minimum absolute atomic E-state index is 0.173. The summed E-state index contributed by atoms with van der Waals surface area (Å²) < 4.78 is 16.3. The number of rotatable bonds is 9.